The smallest absolute Gasteiger partial charge is 0.167 e. The highest BCUT2D eigenvalue weighted by molar-refractivity contribution is 5.05. The molecule has 0 amide bonds. The van der Waals surface area contributed by atoms with Crippen LogP contribution in [0.5, 0.6) is 0 Å². The summed E-state index contributed by atoms with van der Waals surface area (Å²) in [5, 5.41) is 4.70. The third-order valence-corrected chi connectivity index (χ3v) is 2.91. The van der Waals surface area contributed by atoms with E-state index in [1.165, 1.54) is 11.1 Å². The third kappa shape index (κ3) is 70.2. The maximum atomic E-state index is 8.49. The van der Waals surface area contributed by atoms with E-state index >= 15 is 0 Å². The summed E-state index contributed by atoms with van der Waals surface area (Å²) >= 11 is 0. The Bertz CT molecular complexity index is 676. The summed E-state index contributed by atoms with van der Waals surface area (Å²) in [5.41, 5.74) is 2.74. The molecule has 0 radical (unpaired) electrons. The van der Waals surface area contributed by atoms with Crippen LogP contribution in [0.25, 0.3) is 0 Å². The average molecular weight is 644 g/mol. The number of nitrogens with one attached hydrogen (secondary N) is 2. The minimum atomic E-state index is -4.94. The van der Waals surface area contributed by atoms with E-state index in [1.54, 1.807) is 0 Å². The molecule has 0 saturated heterocycles. The van der Waals surface area contributed by atoms with Gasteiger partial charge in [-0.25, -0.2) is 84.5 Å². The molecule has 0 aliphatic heterocycles. The molecular formula is C14H22Cl4N4O16. The highest BCUT2D eigenvalue weighted by Crippen LogP contribution is 1.89. The van der Waals surface area contributed by atoms with Gasteiger partial charge in [0.2, 0.25) is 0 Å². The molecule has 0 atom stereocenters. The number of aromatic nitrogens is 2. The summed E-state index contributed by atoms with van der Waals surface area (Å²) in [6, 6.07) is 8.50. The number of rotatable bonds is 7. The van der Waals surface area contributed by atoms with Crippen molar-refractivity contribution in [3.8, 4) is 0 Å². The standard InChI is InChI=1S/C14H18N4.4ClHO4/c1-5-15-6-2-13(1)11-17-9-10-18-12-14-3-7-16-8-4-14;4*2-1(3,4)5/h1-8,17-18H,9-12H2;4*(H,2,3,4,5). The zero-order valence-electron chi connectivity index (χ0n) is 18.6. The number of halogens is 4. The number of hydrogen-bond donors (Lipinski definition) is 2. The van der Waals surface area contributed by atoms with E-state index in [1.807, 2.05) is 24.8 Å². The van der Waals surface area contributed by atoms with Gasteiger partial charge in [0.05, 0.1) is 0 Å². The SMILES string of the molecule is [O-][Cl+3]([O-])([O-])[O-].[O-][Cl+3]([O-])([O-])[O-].[O-][Cl+3]([O-])([O-])[O-].[O-][Cl+3]([O-])([O-])[O-].c1cc(C[NH2+]CC[NH2+]Cc2cc[nH+]cc2)cc[nH+]1. The molecule has 0 unspecified atom stereocenters. The molecule has 2 aromatic rings. The quantitative estimate of drug-likeness (QED) is 0.264. The highest BCUT2D eigenvalue weighted by Gasteiger charge is 1.99. The van der Waals surface area contributed by atoms with E-state index in [0.29, 0.717) is 0 Å². The van der Waals surface area contributed by atoms with Crippen LogP contribution in [0.2, 0.25) is 0 Å². The van der Waals surface area contributed by atoms with Crippen LogP contribution in [0.15, 0.2) is 49.1 Å². The molecule has 2 heterocycles. The number of pyridine rings is 2. The number of quaternary nitrogens is 2. The summed E-state index contributed by atoms with van der Waals surface area (Å²) in [6.07, 6.45) is 7.90. The van der Waals surface area contributed by atoms with Crippen molar-refractivity contribution >= 4 is 0 Å². The Labute approximate surface area is 222 Å². The van der Waals surface area contributed by atoms with Gasteiger partial charge < -0.3 is 10.6 Å². The van der Waals surface area contributed by atoms with Gasteiger partial charge in [-0.15, -0.1) is 41.0 Å². The fourth-order valence-corrected chi connectivity index (χ4v) is 1.89. The minimum absolute atomic E-state index is 1.06. The summed E-state index contributed by atoms with van der Waals surface area (Å²) in [4.78, 5) is 6.08. The first-order valence-corrected chi connectivity index (χ1v) is 13.9. The molecule has 2 aromatic heterocycles. The van der Waals surface area contributed by atoms with E-state index in [4.69, 9.17) is 74.5 Å². The Balaban J connectivity index is -0.000000502. The van der Waals surface area contributed by atoms with Gasteiger partial charge in [-0.2, -0.15) is 0 Å². The second kappa shape index (κ2) is 21.5. The van der Waals surface area contributed by atoms with E-state index < -0.39 is 41.0 Å². The molecule has 0 aliphatic rings. The lowest BCUT2D eigenvalue weighted by Crippen LogP contribution is -2.93. The average Bonchev–Trinajstić information content (AvgIpc) is 2.67. The molecule has 38 heavy (non-hydrogen) atoms. The van der Waals surface area contributed by atoms with Crippen LogP contribution in [-0.4, -0.2) is 13.1 Å². The van der Waals surface area contributed by atoms with Gasteiger partial charge >= 0.3 is 0 Å². The molecule has 0 aliphatic carbocycles. The van der Waals surface area contributed by atoms with Crippen molar-refractivity contribution in [3.05, 3.63) is 60.2 Å². The number of hydrogen-bond acceptors (Lipinski definition) is 16. The summed E-state index contributed by atoms with van der Waals surface area (Å²) < 4.78 is 136. The topological polar surface area (TPSA) is 430 Å². The van der Waals surface area contributed by atoms with Gasteiger partial charge in [0.1, 0.15) is 26.2 Å². The Morgan fingerprint density at radius 3 is 0.789 bits per heavy atom. The van der Waals surface area contributed by atoms with E-state index in [0.717, 1.165) is 26.2 Å². The van der Waals surface area contributed by atoms with Crippen molar-refractivity contribution in [2.45, 2.75) is 13.1 Å². The van der Waals surface area contributed by atoms with E-state index in [9.17, 15) is 0 Å². The monoisotopic (exact) mass is 642 g/mol. The van der Waals surface area contributed by atoms with Crippen LogP contribution in [0.4, 0.5) is 0 Å². The molecule has 24 heteroatoms. The predicted octanol–water partition coefficient (Wildman–Crippen LogP) is -20.9. The van der Waals surface area contributed by atoms with Gasteiger partial charge in [0.15, 0.2) is 24.8 Å². The zero-order chi connectivity index (χ0) is 30.5. The van der Waals surface area contributed by atoms with Crippen LogP contribution in [-0.2, 0) is 13.1 Å². The first kappa shape index (κ1) is 41.2. The Hall–Kier alpha value is -1.26. The Morgan fingerprint density at radius 1 is 0.421 bits per heavy atom. The van der Waals surface area contributed by atoms with Crippen LogP contribution in [0.1, 0.15) is 11.1 Å². The maximum Gasteiger partial charge on any atom is 0.167 e. The largest absolute Gasteiger partial charge is 0.338 e. The van der Waals surface area contributed by atoms with Crippen LogP contribution in [0.3, 0.4) is 0 Å². The highest BCUT2D eigenvalue weighted by atomic mass is 35.7. The molecule has 222 valence electrons. The number of nitrogens with two attached hydrogens (primary N) is 2. The first-order valence-electron chi connectivity index (χ1n) is 8.95. The molecule has 6 N–H and O–H groups in total. The van der Waals surface area contributed by atoms with Crippen molar-refractivity contribution in [2.75, 3.05) is 13.1 Å². The lowest BCUT2D eigenvalue weighted by Gasteiger charge is -2.17. The first-order chi connectivity index (χ1) is 16.9. The lowest BCUT2D eigenvalue weighted by molar-refractivity contribution is -2.00. The third-order valence-electron chi connectivity index (χ3n) is 2.91. The number of aromatic amines is 2. The van der Waals surface area contributed by atoms with Crippen LogP contribution in [0, 0.1) is 41.0 Å². The predicted molar refractivity (Wildman–Crippen MR) is 67.0 cm³/mol. The Kier molecular flexibility index (Phi) is 23.4. The van der Waals surface area contributed by atoms with Gasteiger partial charge in [0, 0.05) is 35.4 Å². The molecule has 0 bridgehead atoms. The Morgan fingerprint density at radius 2 is 0.605 bits per heavy atom. The molecule has 0 spiro atoms. The zero-order valence-corrected chi connectivity index (χ0v) is 21.7. The second-order valence-electron chi connectivity index (χ2n) is 5.89. The molecule has 0 fully saturated rings. The summed E-state index contributed by atoms with van der Waals surface area (Å²) in [7, 11) is -19.8. The van der Waals surface area contributed by atoms with Crippen molar-refractivity contribution in [3.63, 3.8) is 0 Å². The fourth-order valence-electron chi connectivity index (χ4n) is 1.89. The van der Waals surface area contributed by atoms with Crippen molar-refractivity contribution in [1.29, 1.82) is 0 Å². The number of H-pyrrole nitrogens is 2. The minimum Gasteiger partial charge on any atom is -0.338 e. The molecule has 0 aromatic carbocycles. The van der Waals surface area contributed by atoms with E-state index in [-0.39, 0.29) is 0 Å². The molecular weight excluding hydrogens is 622 g/mol. The van der Waals surface area contributed by atoms with Gasteiger partial charge in [-0.05, 0) is 0 Å². The van der Waals surface area contributed by atoms with Crippen molar-refractivity contribution in [1.82, 2.24) is 0 Å². The molecule has 20 nitrogen and oxygen atoms in total. The van der Waals surface area contributed by atoms with E-state index in [2.05, 4.69) is 44.9 Å². The fraction of sp³-hybridized carbons (Fsp3) is 0.286. The van der Waals surface area contributed by atoms with Crippen molar-refractivity contribution in [2.24, 2.45) is 0 Å². The normalized spacial score (nSPS) is 11.3. The molecule has 2 rings (SSSR count). The van der Waals surface area contributed by atoms with Crippen LogP contribution < -0.4 is 95.1 Å². The van der Waals surface area contributed by atoms with Gasteiger partial charge in [-0.3, -0.25) is 0 Å². The lowest BCUT2D eigenvalue weighted by atomic mass is 10.2. The van der Waals surface area contributed by atoms with Crippen LogP contribution >= 0.6 is 0 Å². The van der Waals surface area contributed by atoms with Crippen molar-refractivity contribution < 1.29 is 136 Å². The van der Waals surface area contributed by atoms with Gasteiger partial charge in [-0.1, -0.05) is 0 Å². The summed E-state index contributed by atoms with van der Waals surface area (Å²) in [5.74, 6) is 0. The summed E-state index contributed by atoms with van der Waals surface area (Å²) in [6.45, 7) is 4.42. The second-order valence-corrected chi connectivity index (χ2v) is 8.92. The molecule has 0 saturated carbocycles. The van der Waals surface area contributed by atoms with Gasteiger partial charge in [0.25, 0.3) is 0 Å². The maximum absolute atomic E-state index is 8.49.